The minimum Gasteiger partial charge on any atom is -0.304 e. The van der Waals surface area contributed by atoms with Gasteiger partial charge in [0.15, 0.2) is 12.4 Å². The molecule has 0 bridgehead atoms. The van der Waals surface area contributed by atoms with E-state index in [2.05, 4.69) is 145 Å². The zero-order valence-corrected chi connectivity index (χ0v) is 20.9. The molecule has 6 aromatic rings. The second-order valence-corrected chi connectivity index (χ2v) is 10.9. The Morgan fingerprint density at radius 3 is 1.67 bits per heavy atom. The van der Waals surface area contributed by atoms with Crippen molar-refractivity contribution in [2.75, 3.05) is 0 Å². The zero-order chi connectivity index (χ0) is 24.4. The minimum atomic E-state index is 0.00810. The SMILES string of the molecule is CC(C)(C)c1cc(-n2c3ccccc3c3ccccc32)c[n+](C2c3ccccc3-c3ccccc32)c1. The molecule has 2 aromatic heterocycles. The van der Waals surface area contributed by atoms with Gasteiger partial charge in [0.25, 0.3) is 0 Å². The summed E-state index contributed by atoms with van der Waals surface area (Å²) in [4.78, 5) is 0. The molecule has 174 valence electrons. The van der Waals surface area contributed by atoms with Crippen molar-refractivity contribution in [3.63, 3.8) is 0 Å². The lowest BCUT2D eigenvalue weighted by molar-refractivity contribution is -0.704. The number of para-hydroxylation sites is 2. The Labute approximate surface area is 212 Å². The molecule has 0 radical (unpaired) electrons. The van der Waals surface area contributed by atoms with Crippen LogP contribution in [-0.2, 0) is 5.41 Å². The fraction of sp³-hybridized carbons (Fsp3) is 0.147. The Hall–Kier alpha value is -4.17. The molecule has 0 saturated heterocycles. The Bertz CT molecular complexity index is 1680. The zero-order valence-electron chi connectivity index (χ0n) is 20.9. The quantitative estimate of drug-likeness (QED) is 0.229. The summed E-state index contributed by atoms with van der Waals surface area (Å²) in [6, 6.07) is 37.8. The monoisotopic (exact) mass is 465 g/mol. The van der Waals surface area contributed by atoms with Crippen LogP contribution in [0.1, 0.15) is 43.5 Å². The van der Waals surface area contributed by atoms with Crippen LogP contribution in [0.25, 0.3) is 38.6 Å². The third-order valence-electron chi connectivity index (χ3n) is 7.68. The summed E-state index contributed by atoms with van der Waals surface area (Å²) in [5.74, 6) is 0. The van der Waals surface area contributed by atoms with Gasteiger partial charge in [0, 0.05) is 27.5 Å². The van der Waals surface area contributed by atoms with E-state index in [9.17, 15) is 0 Å². The molecule has 2 nitrogen and oxygen atoms in total. The highest BCUT2D eigenvalue weighted by Gasteiger charge is 2.36. The van der Waals surface area contributed by atoms with Crippen LogP contribution >= 0.6 is 0 Å². The van der Waals surface area contributed by atoms with E-state index >= 15 is 0 Å². The highest BCUT2D eigenvalue weighted by molar-refractivity contribution is 6.09. The van der Waals surface area contributed by atoms with Gasteiger partial charge in [-0.1, -0.05) is 106 Å². The van der Waals surface area contributed by atoms with Gasteiger partial charge in [-0.3, -0.25) is 0 Å². The molecular weight excluding hydrogens is 436 g/mol. The molecule has 0 spiro atoms. The second kappa shape index (κ2) is 7.66. The summed E-state index contributed by atoms with van der Waals surface area (Å²) >= 11 is 0. The van der Waals surface area contributed by atoms with E-state index in [1.54, 1.807) is 0 Å². The molecular formula is C34H29N2+. The molecule has 7 rings (SSSR count). The van der Waals surface area contributed by atoms with Gasteiger partial charge >= 0.3 is 0 Å². The van der Waals surface area contributed by atoms with Gasteiger partial charge in [0.2, 0.25) is 6.04 Å². The van der Waals surface area contributed by atoms with Crippen molar-refractivity contribution < 1.29 is 4.57 Å². The van der Waals surface area contributed by atoms with E-state index in [0.717, 1.165) is 0 Å². The van der Waals surface area contributed by atoms with Gasteiger partial charge in [-0.2, -0.15) is 4.57 Å². The number of rotatable bonds is 2. The lowest BCUT2D eigenvalue weighted by atomic mass is 9.87. The normalized spacial score (nSPS) is 13.3. The first-order chi connectivity index (χ1) is 17.5. The van der Waals surface area contributed by atoms with Crippen molar-refractivity contribution >= 4 is 21.8 Å². The van der Waals surface area contributed by atoms with Crippen LogP contribution in [0.15, 0.2) is 116 Å². The summed E-state index contributed by atoms with van der Waals surface area (Å²) in [6.07, 6.45) is 4.71. The molecule has 0 N–H and O–H groups in total. The molecule has 0 aliphatic heterocycles. The van der Waals surface area contributed by atoms with Crippen LogP contribution in [0.2, 0.25) is 0 Å². The summed E-state index contributed by atoms with van der Waals surface area (Å²) < 4.78 is 4.88. The number of pyridine rings is 1. The van der Waals surface area contributed by atoms with Crippen LogP contribution in [0, 0.1) is 0 Å². The maximum absolute atomic E-state index is 2.45. The fourth-order valence-electron chi connectivity index (χ4n) is 5.92. The van der Waals surface area contributed by atoms with Crippen molar-refractivity contribution in [1.82, 2.24) is 4.57 Å². The van der Waals surface area contributed by atoms with Gasteiger partial charge in [-0.05, 0) is 34.7 Å². The third kappa shape index (κ3) is 3.07. The van der Waals surface area contributed by atoms with Crippen molar-refractivity contribution in [3.05, 3.63) is 132 Å². The van der Waals surface area contributed by atoms with Crippen molar-refractivity contribution in [2.24, 2.45) is 0 Å². The lowest BCUT2D eigenvalue weighted by Crippen LogP contribution is -2.41. The van der Waals surface area contributed by atoms with Crippen LogP contribution in [-0.4, -0.2) is 4.57 Å². The fourth-order valence-corrected chi connectivity index (χ4v) is 5.92. The summed E-state index contributed by atoms with van der Waals surface area (Å²) in [7, 11) is 0. The predicted octanol–water partition coefficient (Wildman–Crippen LogP) is 7.99. The number of fused-ring (bicyclic) bond motifs is 6. The summed E-state index contributed by atoms with van der Waals surface area (Å²) in [5.41, 5.74) is 10.4. The molecule has 36 heavy (non-hydrogen) atoms. The van der Waals surface area contributed by atoms with Gasteiger partial charge in [-0.15, -0.1) is 0 Å². The Morgan fingerprint density at radius 2 is 1.11 bits per heavy atom. The number of benzene rings is 4. The Kier molecular flexibility index (Phi) is 4.50. The number of aromatic nitrogens is 2. The molecule has 1 aliphatic rings. The Morgan fingerprint density at radius 1 is 0.611 bits per heavy atom. The maximum Gasteiger partial charge on any atom is 0.210 e. The second-order valence-electron chi connectivity index (χ2n) is 10.9. The van der Waals surface area contributed by atoms with Crippen LogP contribution < -0.4 is 4.57 Å². The molecule has 2 heterocycles. The molecule has 0 unspecified atom stereocenters. The highest BCUT2D eigenvalue weighted by atomic mass is 15.0. The molecule has 0 fully saturated rings. The Balaban J connectivity index is 1.55. The number of hydrogen-bond donors (Lipinski definition) is 0. The van der Waals surface area contributed by atoms with Gasteiger partial charge in [0.1, 0.15) is 5.69 Å². The smallest absolute Gasteiger partial charge is 0.210 e. The predicted molar refractivity (Wildman–Crippen MR) is 149 cm³/mol. The summed E-state index contributed by atoms with van der Waals surface area (Å²) in [5, 5.41) is 2.58. The van der Waals surface area contributed by atoms with Gasteiger partial charge < -0.3 is 4.57 Å². The maximum atomic E-state index is 2.45. The lowest BCUT2D eigenvalue weighted by Gasteiger charge is -2.21. The first-order valence-corrected chi connectivity index (χ1v) is 12.7. The van der Waals surface area contributed by atoms with E-state index in [4.69, 9.17) is 0 Å². The molecule has 2 heteroatoms. The van der Waals surface area contributed by atoms with Gasteiger partial charge in [-0.25, -0.2) is 0 Å². The van der Waals surface area contributed by atoms with E-state index in [1.807, 2.05) is 0 Å². The van der Waals surface area contributed by atoms with Crippen LogP contribution in [0.5, 0.6) is 0 Å². The average Bonchev–Trinajstić information content (AvgIpc) is 3.41. The van der Waals surface area contributed by atoms with E-state index < -0.39 is 0 Å². The van der Waals surface area contributed by atoms with Crippen molar-refractivity contribution in [1.29, 1.82) is 0 Å². The molecule has 0 amide bonds. The molecule has 0 saturated carbocycles. The first-order valence-electron chi connectivity index (χ1n) is 12.7. The summed E-state index contributed by atoms with van der Waals surface area (Å²) in [6.45, 7) is 6.91. The van der Waals surface area contributed by atoms with Crippen molar-refractivity contribution in [2.45, 2.75) is 32.2 Å². The standard InChI is InChI=1S/C34H29N2/c1-34(2,3)23-20-24(36-31-18-10-8-14-27(31)28-15-9-11-19-32(28)36)22-35(21-23)33-29-16-6-4-12-25(29)26-13-5-7-17-30(26)33/h4-22,33H,1-3H3/q+1. The van der Waals surface area contributed by atoms with E-state index in [-0.39, 0.29) is 11.5 Å². The molecule has 1 aliphatic carbocycles. The molecule has 0 atom stereocenters. The average molecular weight is 466 g/mol. The van der Waals surface area contributed by atoms with Crippen LogP contribution in [0.3, 0.4) is 0 Å². The first kappa shape index (κ1) is 21.1. The van der Waals surface area contributed by atoms with E-state index in [1.165, 1.54) is 55.3 Å². The number of hydrogen-bond acceptors (Lipinski definition) is 0. The third-order valence-corrected chi connectivity index (χ3v) is 7.68. The van der Waals surface area contributed by atoms with Gasteiger partial charge in [0.05, 0.1) is 11.0 Å². The topological polar surface area (TPSA) is 8.81 Å². The largest absolute Gasteiger partial charge is 0.304 e. The molecule has 4 aromatic carbocycles. The van der Waals surface area contributed by atoms with Crippen LogP contribution in [0.4, 0.5) is 0 Å². The minimum absolute atomic E-state index is 0.00810. The van der Waals surface area contributed by atoms with E-state index in [0.29, 0.717) is 0 Å². The van der Waals surface area contributed by atoms with Crippen molar-refractivity contribution in [3.8, 4) is 16.8 Å². The highest BCUT2D eigenvalue weighted by Crippen LogP contribution is 2.43. The number of nitrogens with zero attached hydrogens (tertiary/aromatic N) is 2.